The van der Waals surface area contributed by atoms with E-state index in [0.717, 1.165) is 74.5 Å². The van der Waals surface area contributed by atoms with Crippen molar-refractivity contribution in [2.45, 2.75) is 43.6 Å². The third-order valence-electron chi connectivity index (χ3n) is 6.00. The molecule has 1 aliphatic heterocycles. The van der Waals surface area contributed by atoms with Crippen LogP contribution in [-0.4, -0.2) is 60.0 Å². The van der Waals surface area contributed by atoms with Crippen LogP contribution in [0.15, 0.2) is 36.7 Å². The number of pyridine rings is 1. The van der Waals surface area contributed by atoms with Gasteiger partial charge in [0.15, 0.2) is 11.5 Å². The van der Waals surface area contributed by atoms with E-state index in [-0.39, 0.29) is 0 Å². The maximum absolute atomic E-state index is 10.4. The Kier molecular flexibility index (Phi) is 4.13. The molecule has 1 saturated heterocycles. The van der Waals surface area contributed by atoms with Gasteiger partial charge < -0.3 is 10.0 Å². The van der Waals surface area contributed by atoms with Crippen LogP contribution in [0, 0.1) is 0 Å². The molecule has 1 saturated carbocycles. The molecular formula is C20H24N6O. The van der Waals surface area contributed by atoms with Crippen LogP contribution >= 0.6 is 0 Å². The Labute approximate surface area is 158 Å². The van der Waals surface area contributed by atoms with E-state index in [9.17, 15) is 5.11 Å². The first kappa shape index (κ1) is 16.8. The first-order chi connectivity index (χ1) is 13.2. The molecule has 0 aromatic carbocycles. The number of hydrogen-bond acceptors (Lipinski definition) is 6. The van der Waals surface area contributed by atoms with E-state index >= 15 is 0 Å². The SMILES string of the molecule is OC1(CN2CCC(c3nnc4ccc(-c5cccnc5)nn34)CC2)CCC1. The van der Waals surface area contributed by atoms with Gasteiger partial charge in [-0.25, -0.2) is 0 Å². The van der Waals surface area contributed by atoms with Crippen molar-refractivity contribution >= 4 is 5.65 Å². The zero-order valence-electron chi connectivity index (χ0n) is 15.3. The smallest absolute Gasteiger partial charge is 0.177 e. The molecule has 7 heteroatoms. The van der Waals surface area contributed by atoms with Crippen molar-refractivity contribution in [3.63, 3.8) is 0 Å². The number of likely N-dealkylation sites (tertiary alicyclic amines) is 1. The Morgan fingerprint density at radius 2 is 1.96 bits per heavy atom. The zero-order valence-corrected chi connectivity index (χ0v) is 15.3. The first-order valence-electron chi connectivity index (χ1n) is 9.78. The number of fused-ring (bicyclic) bond motifs is 1. The normalized spacial score (nSPS) is 20.6. The van der Waals surface area contributed by atoms with Crippen molar-refractivity contribution in [1.29, 1.82) is 0 Å². The second kappa shape index (κ2) is 6.65. The van der Waals surface area contributed by atoms with E-state index in [2.05, 4.69) is 20.1 Å². The van der Waals surface area contributed by atoms with Gasteiger partial charge in [0.2, 0.25) is 0 Å². The lowest BCUT2D eigenvalue weighted by Crippen LogP contribution is -2.49. The molecule has 4 heterocycles. The summed E-state index contributed by atoms with van der Waals surface area (Å²) in [5, 5.41) is 23.9. The van der Waals surface area contributed by atoms with Crippen LogP contribution in [0.3, 0.4) is 0 Å². The highest BCUT2D eigenvalue weighted by molar-refractivity contribution is 5.58. The molecule has 7 nitrogen and oxygen atoms in total. The van der Waals surface area contributed by atoms with Crippen molar-refractivity contribution in [2.24, 2.45) is 0 Å². The molecule has 1 aliphatic carbocycles. The summed E-state index contributed by atoms with van der Waals surface area (Å²) in [5.74, 6) is 1.29. The molecule has 0 spiro atoms. The van der Waals surface area contributed by atoms with Crippen molar-refractivity contribution in [3.05, 3.63) is 42.5 Å². The molecule has 0 amide bonds. The van der Waals surface area contributed by atoms with Crippen LogP contribution in [0.4, 0.5) is 0 Å². The molecule has 5 rings (SSSR count). The van der Waals surface area contributed by atoms with Crippen LogP contribution < -0.4 is 0 Å². The molecule has 2 aliphatic rings. The second-order valence-electron chi connectivity index (χ2n) is 7.92. The Morgan fingerprint density at radius 1 is 1.11 bits per heavy atom. The molecular weight excluding hydrogens is 340 g/mol. The minimum absolute atomic E-state index is 0.351. The number of rotatable bonds is 4. The fourth-order valence-electron chi connectivity index (χ4n) is 4.24. The van der Waals surface area contributed by atoms with E-state index < -0.39 is 5.60 Å². The molecule has 0 bridgehead atoms. The van der Waals surface area contributed by atoms with E-state index in [0.29, 0.717) is 5.92 Å². The van der Waals surface area contributed by atoms with Crippen molar-refractivity contribution in [1.82, 2.24) is 29.7 Å². The summed E-state index contributed by atoms with van der Waals surface area (Å²) in [7, 11) is 0. The number of β-amino-alcohol motifs (C(OH)–C–C–N with tert-alkyl or cyclic N) is 1. The van der Waals surface area contributed by atoms with Crippen LogP contribution in [0.25, 0.3) is 16.9 Å². The molecule has 140 valence electrons. The molecule has 0 atom stereocenters. The third kappa shape index (κ3) is 3.21. The van der Waals surface area contributed by atoms with Gasteiger partial charge in [0.1, 0.15) is 0 Å². The van der Waals surface area contributed by atoms with Gasteiger partial charge >= 0.3 is 0 Å². The van der Waals surface area contributed by atoms with Gasteiger partial charge in [0, 0.05) is 30.4 Å². The van der Waals surface area contributed by atoms with Crippen molar-refractivity contribution in [2.75, 3.05) is 19.6 Å². The summed E-state index contributed by atoms with van der Waals surface area (Å²) in [6.07, 6.45) is 8.68. The molecule has 3 aromatic heterocycles. The van der Waals surface area contributed by atoms with E-state index in [1.165, 1.54) is 0 Å². The highest BCUT2D eigenvalue weighted by Gasteiger charge is 2.37. The number of nitrogens with zero attached hydrogens (tertiary/aromatic N) is 6. The zero-order chi connectivity index (χ0) is 18.3. The number of aromatic nitrogens is 5. The summed E-state index contributed by atoms with van der Waals surface area (Å²) >= 11 is 0. The number of aliphatic hydroxyl groups is 1. The monoisotopic (exact) mass is 364 g/mol. The fourth-order valence-corrected chi connectivity index (χ4v) is 4.24. The minimum atomic E-state index is -0.436. The molecule has 3 aromatic rings. The van der Waals surface area contributed by atoms with Crippen LogP contribution in [-0.2, 0) is 0 Å². The molecule has 1 N–H and O–H groups in total. The summed E-state index contributed by atoms with van der Waals surface area (Å²) in [6.45, 7) is 2.79. The Morgan fingerprint density at radius 3 is 2.67 bits per heavy atom. The molecule has 27 heavy (non-hydrogen) atoms. The largest absolute Gasteiger partial charge is 0.389 e. The average Bonchev–Trinajstić information content (AvgIpc) is 3.11. The first-order valence-corrected chi connectivity index (χ1v) is 9.78. The number of hydrogen-bond donors (Lipinski definition) is 1. The second-order valence-corrected chi connectivity index (χ2v) is 7.92. The fraction of sp³-hybridized carbons (Fsp3) is 0.500. The number of piperidine rings is 1. The van der Waals surface area contributed by atoms with Gasteiger partial charge in [-0.2, -0.15) is 9.61 Å². The predicted molar refractivity (Wildman–Crippen MR) is 101 cm³/mol. The van der Waals surface area contributed by atoms with E-state index in [1.54, 1.807) is 6.20 Å². The standard InChI is InChI=1S/C20H24N6O/c27-20(8-2-9-20)14-25-11-6-15(7-12-25)19-23-22-18-5-4-17(24-26(18)19)16-3-1-10-21-13-16/h1,3-5,10,13,15,27H,2,6-9,11-12,14H2. The summed E-state index contributed by atoms with van der Waals surface area (Å²) in [6, 6.07) is 7.86. The highest BCUT2D eigenvalue weighted by atomic mass is 16.3. The quantitative estimate of drug-likeness (QED) is 0.765. The topological polar surface area (TPSA) is 79.4 Å². The van der Waals surface area contributed by atoms with Gasteiger partial charge in [0.05, 0.1) is 11.3 Å². The lowest BCUT2D eigenvalue weighted by molar-refractivity contribution is -0.0623. The summed E-state index contributed by atoms with van der Waals surface area (Å²) in [5.41, 5.74) is 2.21. The maximum atomic E-state index is 10.4. The summed E-state index contributed by atoms with van der Waals surface area (Å²) in [4.78, 5) is 6.58. The Balaban J connectivity index is 1.34. The molecule has 2 fully saturated rings. The van der Waals surface area contributed by atoms with Gasteiger partial charge in [-0.1, -0.05) is 0 Å². The van der Waals surface area contributed by atoms with Crippen LogP contribution in [0.1, 0.15) is 43.8 Å². The van der Waals surface area contributed by atoms with Gasteiger partial charge in [-0.3, -0.25) is 4.98 Å². The van der Waals surface area contributed by atoms with E-state index in [4.69, 9.17) is 5.10 Å². The van der Waals surface area contributed by atoms with Gasteiger partial charge in [-0.15, -0.1) is 10.2 Å². The van der Waals surface area contributed by atoms with Gasteiger partial charge in [0.25, 0.3) is 0 Å². The Bertz CT molecular complexity index is 928. The van der Waals surface area contributed by atoms with Crippen molar-refractivity contribution < 1.29 is 5.11 Å². The van der Waals surface area contributed by atoms with Gasteiger partial charge in [-0.05, 0) is 69.5 Å². The summed E-state index contributed by atoms with van der Waals surface area (Å²) < 4.78 is 1.89. The van der Waals surface area contributed by atoms with E-state index in [1.807, 2.05) is 35.0 Å². The predicted octanol–water partition coefficient (Wildman–Crippen LogP) is 2.28. The molecule has 0 radical (unpaired) electrons. The van der Waals surface area contributed by atoms with Crippen LogP contribution in [0.5, 0.6) is 0 Å². The third-order valence-corrected chi connectivity index (χ3v) is 6.00. The Hall–Kier alpha value is -2.38. The lowest BCUT2D eigenvalue weighted by Gasteiger charge is -2.42. The maximum Gasteiger partial charge on any atom is 0.177 e. The highest BCUT2D eigenvalue weighted by Crippen LogP contribution is 2.34. The van der Waals surface area contributed by atoms with Crippen LogP contribution in [0.2, 0.25) is 0 Å². The lowest BCUT2D eigenvalue weighted by atomic mass is 9.79. The molecule has 0 unspecified atom stereocenters. The minimum Gasteiger partial charge on any atom is -0.389 e. The van der Waals surface area contributed by atoms with Crippen molar-refractivity contribution in [3.8, 4) is 11.3 Å². The average molecular weight is 364 g/mol.